The molecule has 0 fully saturated rings. The Balaban J connectivity index is 0. The molecule has 0 aliphatic heterocycles. The Hall–Kier alpha value is -0.970. The number of hydrogen-bond donors (Lipinski definition) is 2. The van der Waals surface area contributed by atoms with Crippen molar-refractivity contribution in [1.29, 1.82) is 0 Å². The molecule has 0 rings (SSSR count). The number of azide groups is 1. The summed E-state index contributed by atoms with van der Waals surface area (Å²) < 4.78 is 0. The van der Waals surface area contributed by atoms with Crippen molar-refractivity contribution in [2.45, 2.75) is 12.5 Å². The quantitative estimate of drug-likeness (QED) is 0.219. The molecular formula is C4H9ClN4O2. The minimum absolute atomic E-state index is 0. The Bertz CT molecular complexity index is 167. The molecule has 3 N–H and O–H groups in total. The van der Waals surface area contributed by atoms with Gasteiger partial charge in [0.25, 0.3) is 0 Å². The van der Waals surface area contributed by atoms with Gasteiger partial charge in [0.15, 0.2) is 0 Å². The molecule has 0 aromatic heterocycles. The predicted molar refractivity (Wildman–Crippen MR) is 41.5 cm³/mol. The normalized spacial score (nSPS) is 10.6. The zero-order valence-electron chi connectivity index (χ0n) is 5.67. The van der Waals surface area contributed by atoms with Crippen LogP contribution in [0.15, 0.2) is 5.11 Å². The fourth-order valence-corrected chi connectivity index (χ4v) is 0.365. The van der Waals surface area contributed by atoms with E-state index in [0.29, 0.717) is 0 Å². The minimum atomic E-state index is -1.08. The summed E-state index contributed by atoms with van der Waals surface area (Å²) in [5, 5.41) is 11.4. The molecule has 64 valence electrons. The number of hydrogen-bond acceptors (Lipinski definition) is 3. The van der Waals surface area contributed by atoms with Gasteiger partial charge in [0, 0.05) is 11.5 Å². The van der Waals surface area contributed by atoms with Crippen LogP contribution in [0.3, 0.4) is 0 Å². The van der Waals surface area contributed by atoms with Crippen LogP contribution in [0.5, 0.6) is 0 Å². The van der Waals surface area contributed by atoms with E-state index in [1.165, 1.54) is 0 Å². The maximum Gasteiger partial charge on any atom is 0.320 e. The number of carboxylic acids is 1. The van der Waals surface area contributed by atoms with E-state index in [9.17, 15) is 4.79 Å². The Morgan fingerprint density at radius 2 is 2.36 bits per heavy atom. The van der Waals surface area contributed by atoms with Gasteiger partial charge in [0.2, 0.25) is 0 Å². The van der Waals surface area contributed by atoms with Gasteiger partial charge in [-0.3, -0.25) is 4.79 Å². The van der Waals surface area contributed by atoms with Gasteiger partial charge in [-0.2, -0.15) is 0 Å². The van der Waals surface area contributed by atoms with Crippen LogP contribution in [0.25, 0.3) is 10.4 Å². The third-order valence-corrected chi connectivity index (χ3v) is 0.921. The topological polar surface area (TPSA) is 112 Å². The largest absolute Gasteiger partial charge is 0.480 e. The number of halogens is 1. The molecule has 0 radical (unpaired) electrons. The van der Waals surface area contributed by atoms with Crippen LogP contribution >= 0.6 is 12.4 Å². The molecule has 0 unspecified atom stereocenters. The lowest BCUT2D eigenvalue weighted by Crippen LogP contribution is -2.30. The maximum absolute atomic E-state index is 10.0. The fraction of sp³-hybridized carbons (Fsp3) is 0.750. The lowest BCUT2D eigenvalue weighted by Gasteiger charge is -2.00. The summed E-state index contributed by atoms with van der Waals surface area (Å²) in [6.07, 6.45) is 0.180. The number of carbonyl (C=O) groups is 1. The lowest BCUT2D eigenvalue weighted by molar-refractivity contribution is -0.138. The standard InChI is InChI=1S/C4H8N4O2.ClH/c5-3(4(9)10)1-2-7-8-6;/h3H,1-2,5H2,(H,9,10);1H/t3-;/m0./s1/i1+1,2+1,3+1,4+1,5+1,7+1;. The van der Waals surface area contributed by atoms with Crippen LogP contribution in [0, 0.1) is 0 Å². The summed E-state index contributed by atoms with van der Waals surface area (Å²) in [5.74, 6) is -1.08. The molecule has 0 aromatic rings. The zero-order chi connectivity index (χ0) is 7.98. The molecule has 0 saturated heterocycles. The van der Waals surface area contributed by atoms with Crippen molar-refractivity contribution in [2.75, 3.05) is 6.54 Å². The fourth-order valence-electron chi connectivity index (χ4n) is 0.365. The first kappa shape index (κ1) is 12.7. The Morgan fingerprint density at radius 1 is 1.82 bits per heavy atom. The van der Waals surface area contributed by atoms with Gasteiger partial charge in [-0.15, -0.1) is 12.4 Å². The molecule has 0 amide bonds. The number of rotatable bonds is 4. The molecule has 1 atom stereocenters. The summed E-state index contributed by atoms with van der Waals surface area (Å²) in [5.41, 5.74) is 12.9. The van der Waals surface area contributed by atoms with Gasteiger partial charge < -0.3 is 10.8 Å². The van der Waals surface area contributed by atoms with E-state index in [1.54, 1.807) is 0 Å². The number of carboxylic acid groups (broad SMARTS) is 1. The average molecular weight is 187 g/mol. The van der Waals surface area contributed by atoms with Crippen LogP contribution in [-0.4, -0.2) is 23.7 Å². The van der Waals surface area contributed by atoms with E-state index in [-0.39, 0.29) is 25.4 Å². The van der Waals surface area contributed by atoms with E-state index in [0.717, 1.165) is 0 Å². The van der Waals surface area contributed by atoms with Crippen LogP contribution < -0.4 is 5.73 Å². The summed E-state index contributed by atoms with van der Waals surface area (Å²) in [4.78, 5) is 12.5. The monoisotopic (exact) mass is 186 g/mol. The summed E-state index contributed by atoms with van der Waals surface area (Å²) in [6.45, 7) is 0.129. The Morgan fingerprint density at radius 3 is 2.73 bits per heavy atom. The third kappa shape index (κ3) is 6.92. The molecule has 0 bridgehead atoms. The smallest absolute Gasteiger partial charge is 0.320 e. The van der Waals surface area contributed by atoms with Gasteiger partial charge in [0.1, 0.15) is 6.04 Å². The lowest BCUT2D eigenvalue weighted by atomic mass is 11.2. The zero-order valence-corrected chi connectivity index (χ0v) is 6.49. The SMILES string of the molecule is Cl.[N-]=[N+]=[15N][13CH2][13CH2][13C@H]([15NH2])[13C](=O)O. The molecule has 6 nitrogen and oxygen atoms in total. The van der Waals surface area contributed by atoms with Gasteiger partial charge >= 0.3 is 5.97 Å². The van der Waals surface area contributed by atoms with E-state index < -0.39 is 12.0 Å². The van der Waals surface area contributed by atoms with E-state index in [1.807, 2.05) is 0 Å². The second-order valence-electron chi connectivity index (χ2n) is 1.69. The second kappa shape index (κ2) is 7.14. The van der Waals surface area contributed by atoms with Crippen molar-refractivity contribution >= 4 is 18.4 Å². The molecule has 7 heteroatoms. The molecule has 0 heterocycles. The Labute approximate surface area is 69.4 Å². The molecule has 0 spiro atoms. The van der Waals surface area contributed by atoms with E-state index >= 15 is 0 Å². The van der Waals surface area contributed by atoms with Gasteiger partial charge in [0.05, 0.1) is 0 Å². The van der Waals surface area contributed by atoms with E-state index in [4.69, 9.17) is 16.4 Å². The van der Waals surface area contributed by atoms with Gasteiger partial charge in [-0.05, 0) is 12.0 Å². The molecule has 0 saturated carbocycles. The minimum Gasteiger partial charge on any atom is -0.480 e. The van der Waals surface area contributed by atoms with E-state index in [2.05, 4.69) is 10.0 Å². The van der Waals surface area contributed by atoms with Crippen molar-refractivity contribution in [2.24, 2.45) is 10.8 Å². The van der Waals surface area contributed by atoms with Crippen molar-refractivity contribution in [3.05, 3.63) is 10.4 Å². The number of aliphatic carboxylic acids is 1. The van der Waals surface area contributed by atoms with Crippen molar-refractivity contribution < 1.29 is 9.90 Å². The van der Waals surface area contributed by atoms with Crippen LogP contribution in [-0.2, 0) is 4.79 Å². The highest BCUT2D eigenvalue weighted by Crippen LogP contribution is 1.88. The number of nitrogens with two attached hydrogens (primary N) is 1. The van der Waals surface area contributed by atoms with Crippen molar-refractivity contribution in [3.8, 4) is 0 Å². The molecule has 0 aliphatic rings. The summed E-state index contributed by atoms with van der Waals surface area (Å²) in [6, 6.07) is -0.925. The molecule has 11 heavy (non-hydrogen) atoms. The Kier molecular flexibility index (Phi) is 8.23. The van der Waals surface area contributed by atoms with Crippen LogP contribution in [0.2, 0.25) is 0 Å². The van der Waals surface area contributed by atoms with Crippen LogP contribution in [0.4, 0.5) is 0 Å². The van der Waals surface area contributed by atoms with Gasteiger partial charge in [-0.1, -0.05) is 5.11 Å². The molecular weight excluding hydrogens is 177 g/mol. The first-order valence-electron chi connectivity index (χ1n) is 2.67. The highest BCUT2D eigenvalue weighted by molar-refractivity contribution is 5.85. The maximum atomic E-state index is 10.0. The second-order valence-corrected chi connectivity index (χ2v) is 1.69. The third-order valence-electron chi connectivity index (χ3n) is 0.921. The average Bonchev–Trinajstić information content (AvgIpc) is 1.88. The highest BCUT2D eigenvalue weighted by atomic mass is 35.5. The number of nitrogens with zero attached hydrogens (tertiary/aromatic N) is 3. The molecule has 0 aromatic carbocycles. The van der Waals surface area contributed by atoms with Crippen molar-refractivity contribution in [1.82, 2.24) is 0 Å². The van der Waals surface area contributed by atoms with Crippen LogP contribution in [0.1, 0.15) is 6.42 Å². The van der Waals surface area contributed by atoms with Gasteiger partial charge in [-0.25, -0.2) is 0 Å². The molecule has 0 aliphatic carbocycles. The summed E-state index contributed by atoms with van der Waals surface area (Å²) in [7, 11) is 0. The van der Waals surface area contributed by atoms with Crippen molar-refractivity contribution in [3.63, 3.8) is 0 Å². The summed E-state index contributed by atoms with van der Waals surface area (Å²) >= 11 is 0. The highest BCUT2D eigenvalue weighted by Gasteiger charge is 2.08. The predicted octanol–water partition coefficient (Wildman–Crippen LogP) is 0.520. The first-order valence-corrected chi connectivity index (χ1v) is 2.67. The first-order chi connectivity index (χ1) is 4.68.